The molecule has 1 saturated carbocycles. The standard InChI is InChI=1S/C17H27N/c1-4-14-5-9-16(10-6-14)18-17-11-7-15(8-12-17)13(2)3/h7-8,11-14,16,18H,4-6,9-10H2,1-3H3. The van der Waals surface area contributed by atoms with Gasteiger partial charge < -0.3 is 5.32 Å². The third kappa shape index (κ3) is 3.51. The largest absolute Gasteiger partial charge is 0.382 e. The Morgan fingerprint density at radius 2 is 1.67 bits per heavy atom. The molecule has 1 aliphatic carbocycles. The van der Waals surface area contributed by atoms with E-state index in [-0.39, 0.29) is 0 Å². The smallest absolute Gasteiger partial charge is 0.0342 e. The number of hydrogen-bond donors (Lipinski definition) is 1. The van der Waals surface area contributed by atoms with Crippen molar-refractivity contribution in [2.24, 2.45) is 5.92 Å². The summed E-state index contributed by atoms with van der Waals surface area (Å²) in [4.78, 5) is 0. The molecule has 2 rings (SSSR count). The molecule has 18 heavy (non-hydrogen) atoms. The molecule has 1 heteroatoms. The Morgan fingerprint density at radius 1 is 1.06 bits per heavy atom. The lowest BCUT2D eigenvalue weighted by atomic mass is 9.84. The molecule has 0 heterocycles. The SMILES string of the molecule is CCC1CCC(Nc2ccc(C(C)C)cc2)CC1. The molecule has 1 aromatic carbocycles. The first-order valence-corrected chi connectivity index (χ1v) is 7.55. The van der Waals surface area contributed by atoms with Crippen LogP contribution in [0.3, 0.4) is 0 Å². The predicted octanol–water partition coefficient (Wildman–Crippen LogP) is 5.19. The van der Waals surface area contributed by atoms with Gasteiger partial charge in [0.1, 0.15) is 0 Å². The molecule has 0 amide bonds. The van der Waals surface area contributed by atoms with E-state index >= 15 is 0 Å². The Bertz CT molecular complexity index is 344. The van der Waals surface area contributed by atoms with Crippen molar-refractivity contribution in [2.75, 3.05) is 5.32 Å². The lowest BCUT2D eigenvalue weighted by Crippen LogP contribution is -2.25. The van der Waals surface area contributed by atoms with Gasteiger partial charge in [0.15, 0.2) is 0 Å². The highest BCUT2D eigenvalue weighted by atomic mass is 14.9. The molecule has 1 N–H and O–H groups in total. The van der Waals surface area contributed by atoms with Gasteiger partial charge in [0.05, 0.1) is 0 Å². The minimum Gasteiger partial charge on any atom is -0.382 e. The van der Waals surface area contributed by atoms with Gasteiger partial charge in [0, 0.05) is 11.7 Å². The lowest BCUT2D eigenvalue weighted by Gasteiger charge is -2.29. The number of benzene rings is 1. The van der Waals surface area contributed by atoms with Crippen LogP contribution in [0.1, 0.15) is 64.4 Å². The average Bonchev–Trinajstić information content (AvgIpc) is 2.40. The van der Waals surface area contributed by atoms with Crippen molar-refractivity contribution in [3.63, 3.8) is 0 Å². The van der Waals surface area contributed by atoms with E-state index in [1.54, 1.807) is 0 Å². The Labute approximate surface area is 112 Å². The monoisotopic (exact) mass is 245 g/mol. The van der Waals surface area contributed by atoms with Gasteiger partial charge >= 0.3 is 0 Å². The van der Waals surface area contributed by atoms with Crippen LogP contribution in [0.25, 0.3) is 0 Å². The summed E-state index contributed by atoms with van der Waals surface area (Å²) in [6.45, 7) is 6.81. The number of anilines is 1. The predicted molar refractivity (Wildman–Crippen MR) is 80.2 cm³/mol. The molecule has 0 aromatic heterocycles. The van der Waals surface area contributed by atoms with Crippen molar-refractivity contribution >= 4 is 5.69 Å². The minimum absolute atomic E-state index is 0.624. The van der Waals surface area contributed by atoms with E-state index in [1.807, 2.05) is 0 Å². The van der Waals surface area contributed by atoms with Crippen LogP contribution in [0.5, 0.6) is 0 Å². The zero-order chi connectivity index (χ0) is 13.0. The van der Waals surface area contributed by atoms with E-state index in [2.05, 4.69) is 50.4 Å². The maximum atomic E-state index is 3.69. The van der Waals surface area contributed by atoms with Gasteiger partial charge in [-0.1, -0.05) is 39.3 Å². The summed E-state index contributed by atoms with van der Waals surface area (Å²) in [5.41, 5.74) is 2.72. The fourth-order valence-electron chi connectivity index (χ4n) is 2.91. The number of nitrogens with one attached hydrogen (secondary N) is 1. The van der Waals surface area contributed by atoms with Gasteiger partial charge in [-0.2, -0.15) is 0 Å². The number of hydrogen-bond acceptors (Lipinski definition) is 1. The van der Waals surface area contributed by atoms with Crippen LogP contribution in [0.15, 0.2) is 24.3 Å². The molecule has 100 valence electrons. The van der Waals surface area contributed by atoms with Crippen LogP contribution in [0.2, 0.25) is 0 Å². The van der Waals surface area contributed by atoms with E-state index in [9.17, 15) is 0 Å². The molecule has 0 radical (unpaired) electrons. The molecule has 0 atom stereocenters. The zero-order valence-corrected chi connectivity index (χ0v) is 12.1. The van der Waals surface area contributed by atoms with Crippen LogP contribution in [-0.2, 0) is 0 Å². The zero-order valence-electron chi connectivity index (χ0n) is 12.1. The molecular formula is C17H27N. The molecule has 1 nitrogen and oxygen atoms in total. The van der Waals surface area contributed by atoms with E-state index in [0.717, 1.165) is 5.92 Å². The minimum atomic E-state index is 0.624. The number of rotatable bonds is 4. The summed E-state index contributed by atoms with van der Waals surface area (Å²) in [5.74, 6) is 1.60. The second kappa shape index (κ2) is 6.26. The van der Waals surface area contributed by atoms with Crippen molar-refractivity contribution in [2.45, 2.75) is 64.8 Å². The highest BCUT2D eigenvalue weighted by molar-refractivity contribution is 5.46. The third-order valence-corrected chi connectivity index (χ3v) is 4.37. The molecule has 0 unspecified atom stereocenters. The van der Waals surface area contributed by atoms with Crippen LogP contribution >= 0.6 is 0 Å². The van der Waals surface area contributed by atoms with Crippen molar-refractivity contribution in [3.8, 4) is 0 Å². The summed E-state index contributed by atoms with van der Waals surface area (Å²) in [5, 5.41) is 3.69. The first kappa shape index (κ1) is 13.5. The molecule has 0 spiro atoms. The fraction of sp³-hybridized carbons (Fsp3) is 0.647. The van der Waals surface area contributed by atoms with Gasteiger partial charge in [-0.3, -0.25) is 0 Å². The van der Waals surface area contributed by atoms with Gasteiger partial charge in [-0.05, 0) is 55.2 Å². The maximum absolute atomic E-state index is 3.69. The van der Waals surface area contributed by atoms with Crippen molar-refractivity contribution < 1.29 is 0 Å². The van der Waals surface area contributed by atoms with E-state index in [0.29, 0.717) is 12.0 Å². The second-order valence-electron chi connectivity index (χ2n) is 6.05. The fourth-order valence-corrected chi connectivity index (χ4v) is 2.91. The summed E-state index contributed by atoms with van der Waals surface area (Å²) >= 11 is 0. The van der Waals surface area contributed by atoms with E-state index in [1.165, 1.54) is 43.4 Å². The lowest BCUT2D eigenvalue weighted by molar-refractivity contribution is 0.330. The summed E-state index contributed by atoms with van der Waals surface area (Å²) < 4.78 is 0. The van der Waals surface area contributed by atoms with Gasteiger partial charge in [-0.15, -0.1) is 0 Å². The van der Waals surface area contributed by atoms with E-state index in [4.69, 9.17) is 0 Å². The Balaban J connectivity index is 1.86. The Morgan fingerprint density at radius 3 is 2.17 bits per heavy atom. The first-order chi connectivity index (χ1) is 8.69. The van der Waals surface area contributed by atoms with Gasteiger partial charge in [0.25, 0.3) is 0 Å². The van der Waals surface area contributed by atoms with Crippen molar-refractivity contribution in [1.29, 1.82) is 0 Å². The Hall–Kier alpha value is -0.980. The molecule has 0 aliphatic heterocycles. The van der Waals surface area contributed by atoms with Gasteiger partial charge in [0.2, 0.25) is 0 Å². The molecule has 0 bridgehead atoms. The summed E-state index contributed by atoms with van der Waals surface area (Å²) in [7, 11) is 0. The highest BCUT2D eigenvalue weighted by Crippen LogP contribution is 2.28. The normalized spacial score (nSPS) is 24.2. The molecule has 1 aliphatic rings. The van der Waals surface area contributed by atoms with Crippen LogP contribution in [0, 0.1) is 5.92 Å². The topological polar surface area (TPSA) is 12.0 Å². The Kier molecular flexibility index (Phi) is 4.68. The molecule has 1 fully saturated rings. The first-order valence-electron chi connectivity index (χ1n) is 7.55. The third-order valence-electron chi connectivity index (χ3n) is 4.37. The van der Waals surface area contributed by atoms with Crippen molar-refractivity contribution in [3.05, 3.63) is 29.8 Å². The van der Waals surface area contributed by atoms with E-state index < -0.39 is 0 Å². The molecule has 0 saturated heterocycles. The average molecular weight is 245 g/mol. The molecular weight excluding hydrogens is 218 g/mol. The van der Waals surface area contributed by atoms with Crippen LogP contribution < -0.4 is 5.32 Å². The van der Waals surface area contributed by atoms with Crippen molar-refractivity contribution in [1.82, 2.24) is 0 Å². The van der Waals surface area contributed by atoms with Crippen LogP contribution in [0.4, 0.5) is 5.69 Å². The van der Waals surface area contributed by atoms with Gasteiger partial charge in [-0.25, -0.2) is 0 Å². The maximum Gasteiger partial charge on any atom is 0.0342 e. The van der Waals surface area contributed by atoms with Crippen LogP contribution in [-0.4, -0.2) is 6.04 Å². The highest BCUT2D eigenvalue weighted by Gasteiger charge is 2.19. The quantitative estimate of drug-likeness (QED) is 0.769. The summed E-state index contributed by atoms with van der Waals surface area (Å²) in [6, 6.07) is 9.68. The summed E-state index contributed by atoms with van der Waals surface area (Å²) in [6.07, 6.45) is 6.83. The molecule has 1 aromatic rings. The second-order valence-corrected chi connectivity index (χ2v) is 6.05.